The number of nitrogens with zero attached hydrogens (tertiary/aromatic N) is 2. The van der Waals surface area contributed by atoms with E-state index in [1.165, 1.54) is 0 Å². The van der Waals surface area contributed by atoms with Crippen LogP contribution in [0, 0.1) is 17.8 Å². The Balaban J connectivity index is 0.00000127. The molecule has 1 aromatic carbocycles. The average Bonchev–Trinajstić information content (AvgIpc) is 3.07. The predicted octanol–water partition coefficient (Wildman–Crippen LogP) is 5.50. The zero-order chi connectivity index (χ0) is 35.6. The highest BCUT2D eigenvalue weighted by Crippen LogP contribution is 2.23. The minimum atomic E-state index is 0.00142. The molecular formula is C38H62N4O5. The zero-order valence-electron chi connectivity index (χ0n) is 30.3. The molecule has 0 spiro atoms. The summed E-state index contributed by atoms with van der Waals surface area (Å²) in [5, 5.41) is 2.88. The molecule has 1 aliphatic heterocycles. The van der Waals surface area contributed by atoms with E-state index in [0.717, 1.165) is 62.1 Å². The van der Waals surface area contributed by atoms with Gasteiger partial charge >= 0.3 is 0 Å². The normalized spacial score (nSPS) is 13.4. The minimum absolute atomic E-state index is 0.00142. The summed E-state index contributed by atoms with van der Waals surface area (Å²) in [6.45, 7) is 23.0. The van der Waals surface area contributed by atoms with Crippen LogP contribution < -0.4 is 11.1 Å². The van der Waals surface area contributed by atoms with Crippen LogP contribution in [0.4, 0.5) is 0 Å². The zero-order valence-corrected chi connectivity index (χ0v) is 30.3. The van der Waals surface area contributed by atoms with Crippen LogP contribution in [0.2, 0.25) is 0 Å². The van der Waals surface area contributed by atoms with E-state index in [1.807, 2.05) is 52.8 Å². The number of hydrogen-bond acceptors (Lipinski definition) is 8. The number of rotatable bonds is 18. The number of allylic oxidation sites excluding steroid dienone is 1. The average molecular weight is 655 g/mol. The van der Waals surface area contributed by atoms with Crippen molar-refractivity contribution in [2.45, 2.75) is 93.4 Å². The number of piperazine rings is 1. The maximum Gasteiger partial charge on any atom is 0.234 e. The Morgan fingerprint density at radius 1 is 1.00 bits per heavy atom. The second-order valence-corrected chi connectivity index (χ2v) is 11.7. The number of benzene rings is 1. The maximum atomic E-state index is 12.6. The summed E-state index contributed by atoms with van der Waals surface area (Å²) in [5.74, 6) is 6.77. The third-order valence-corrected chi connectivity index (χ3v) is 7.68. The van der Waals surface area contributed by atoms with Gasteiger partial charge in [0.2, 0.25) is 5.91 Å². The molecule has 1 heterocycles. The van der Waals surface area contributed by atoms with E-state index in [9.17, 15) is 19.2 Å². The number of carbonyl (C=O) groups excluding carboxylic acids is 4. The maximum absolute atomic E-state index is 12.6. The van der Waals surface area contributed by atoms with Crippen LogP contribution in [0.3, 0.4) is 0 Å². The van der Waals surface area contributed by atoms with Gasteiger partial charge in [0.1, 0.15) is 18.2 Å². The summed E-state index contributed by atoms with van der Waals surface area (Å²) in [5.41, 5.74) is 8.77. The summed E-state index contributed by atoms with van der Waals surface area (Å²) in [4.78, 5) is 50.8. The van der Waals surface area contributed by atoms with Crippen LogP contribution in [0.1, 0.15) is 115 Å². The van der Waals surface area contributed by atoms with E-state index < -0.39 is 0 Å². The third kappa shape index (κ3) is 19.3. The monoisotopic (exact) mass is 654 g/mol. The van der Waals surface area contributed by atoms with Crippen LogP contribution in [0.5, 0.6) is 0 Å². The third-order valence-electron chi connectivity index (χ3n) is 7.68. The molecule has 1 fully saturated rings. The number of carbonyl (C=O) groups is 4. The lowest BCUT2D eigenvalue weighted by Gasteiger charge is -2.33. The molecule has 9 nitrogen and oxygen atoms in total. The van der Waals surface area contributed by atoms with Gasteiger partial charge in [0, 0.05) is 81.3 Å². The fraction of sp³-hybridized carbons (Fsp3) is 0.632. The first kappa shape index (κ1) is 43.8. The van der Waals surface area contributed by atoms with Gasteiger partial charge in [-0.25, -0.2) is 0 Å². The van der Waals surface area contributed by atoms with Crippen molar-refractivity contribution < 1.29 is 23.9 Å². The number of nitrogens with two attached hydrogens (primary N) is 1. The number of ether oxygens (including phenoxy) is 1. The SMILES string of the molecule is C=C(C)c1c(C#CCOCCNC(=O)CN2CCN(CN)CC2)cccc1C(=O)CCCC.CC.CCCC(=O)CCC(C)C(C)=O. The Morgan fingerprint density at radius 3 is 2.23 bits per heavy atom. The number of amides is 1. The van der Waals surface area contributed by atoms with Crippen molar-refractivity contribution in [2.24, 2.45) is 11.7 Å². The highest BCUT2D eigenvalue weighted by atomic mass is 16.5. The van der Waals surface area contributed by atoms with Crippen LogP contribution in [-0.4, -0.2) is 92.2 Å². The van der Waals surface area contributed by atoms with Gasteiger partial charge in [-0.1, -0.05) is 71.6 Å². The molecule has 0 aliphatic carbocycles. The summed E-state index contributed by atoms with van der Waals surface area (Å²) >= 11 is 0. The van der Waals surface area contributed by atoms with Crippen LogP contribution >= 0.6 is 0 Å². The highest BCUT2D eigenvalue weighted by molar-refractivity contribution is 6.01. The summed E-state index contributed by atoms with van der Waals surface area (Å²) in [6, 6.07) is 5.62. The van der Waals surface area contributed by atoms with E-state index in [1.54, 1.807) is 6.92 Å². The fourth-order valence-electron chi connectivity index (χ4n) is 4.71. The Kier molecular flexibility index (Phi) is 25.1. The van der Waals surface area contributed by atoms with Gasteiger partial charge in [-0.05, 0) is 44.7 Å². The second-order valence-electron chi connectivity index (χ2n) is 11.7. The molecule has 3 N–H and O–H groups in total. The Morgan fingerprint density at radius 2 is 1.66 bits per heavy atom. The van der Waals surface area contributed by atoms with Gasteiger partial charge in [0.05, 0.1) is 13.2 Å². The van der Waals surface area contributed by atoms with E-state index in [2.05, 4.69) is 40.5 Å². The summed E-state index contributed by atoms with van der Waals surface area (Å²) in [7, 11) is 0. The molecule has 1 atom stereocenters. The van der Waals surface area contributed by atoms with E-state index in [-0.39, 0.29) is 35.8 Å². The van der Waals surface area contributed by atoms with E-state index >= 15 is 0 Å². The molecular weight excluding hydrogens is 592 g/mol. The first-order chi connectivity index (χ1) is 22.5. The van der Waals surface area contributed by atoms with Crippen LogP contribution in [0.25, 0.3) is 5.57 Å². The molecule has 1 unspecified atom stereocenters. The first-order valence-corrected chi connectivity index (χ1v) is 17.4. The number of unbranched alkanes of at least 4 members (excludes halogenated alkanes) is 1. The van der Waals surface area contributed by atoms with Crippen molar-refractivity contribution in [2.75, 3.05) is 59.2 Å². The van der Waals surface area contributed by atoms with Gasteiger partial charge in [-0.15, -0.1) is 0 Å². The van der Waals surface area contributed by atoms with Gasteiger partial charge in [0.25, 0.3) is 0 Å². The molecule has 9 heteroatoms. The minimum Gasteiger partial charge on any atom is -0.367 e. The number of Topliss-reactive ketones (excluding diaryl/α,β-unsaturated/α-hetero) is 3. The Hall–Kier alpha value is -3.16. The molecule has 47 heavy (non-hydrogen) atoms. The first-order valence-electron chi connectivity index (χ1n) is 17.4. The topological polar surface area (TPSA) is 122 Å². The van der Waals surface area contributed by atoms with Gasteiger partial charge in [0.15, 0.2) is 5.78 Å². The van der Waals surface area contributed by atoms with Gasteiger partial charge in [-0.2, -0.15) is 0 Å². The number of nitrogens with one attached hydrogen (secondary N) is 1. The molecule has 1 amide bonds. The van der Waals surface area contributed by atoms with Crippen molar-refractivity contribution >= 4 is 28.8 Å². The Labute approximate surface area is 285 Å². The standard InChI is InChI=1S/C26H38N4O3.C10H18O2.C2H6/c1-4-5-11-24(31)23-10-6-8-22(26(23)21(2)3)9-7-17-33-18-12-28-25(32)19-29-13-15-30(20-27)16-14-29;1-4-5-10(12)7-6-8(2)9(3)11;1-2/h6,8,10H,2,4-5,11-20,27H2,1,3H3,(H,28,32);8H,4-7H2,1-3H3;1-2H3. The lowest BCUT2D eigenvalue weighted by molar-refractivity contribution is -0.123. The molecule has 0 aromatic heterocycles. The fourth-order valence-corrected chi connectivity index (χ4v) is 4.71. The smallest absolute Gasteiger partial charge is 0.234 e. The summed E-state index contributed by atoms with van der Waals surface area (Å²) in [6.07, 6.45) is 5.24. The van der Waals surface area contributed by atoms with Crippen molar-refractivity contribution in [3.63, 3.8) is 0 Å². The quantitative estimate of drug-likeness (QED) is 0.121. The highest BCUT2D eigenvalue weighted by Gasteiger charge is 2.18. The lowest BCUT2D eigenvalue weighted by Crippen LogP contribution is -2.50. The van der Waals surface area contributed by atoms with Gasteiger partial charge in [-0.3, -0.25) is 29.0 Å². The summed E-state index contributed by atoms with van der Waals surface area (Å²) < 4.78 is 5.54. The van der Waals surface area contributed by atoms with Crippen molar-refractivity contribution in [1.29, 1.82) is 0 Å². The molecule has 0 radical (unpaired) electrons. The predicted molar refractivity (Wildman–Crippen MR) is 193 cm³/mol. The molecule has 1 aromatic rings. The largest absolute Gasteiger partial charge is 0.367 e. The molecule has 264 valence electrons. The van der Waals surface area contributed by atoms with E-state index in [4.69, 9.17) is 10.5 Å². The molecule has 1 aliphatic rings. The molecule has 2 rings (SSSR count). The number of ketones is 3. The lowest BCUT2D eigenvalue weighted by atomic mass is 9.92. The van der Waals surface area contributed by atoms with Crippen molar-refractivity contribution in [1.82, 2.24) is 15.1 Å². The second kappa shape index (κ2) is 26.9. The van der Waals surface area contributed by atoms with Crippen LogP contribution in [-0.2, 0) is 19.1 Å². The Bertz CT molecular complexity index is 1160. The molecule has 1 saturated heterocycles. The molecule has 0 saturated carbocycles. The molecule has 0 bridgehead atoms. The van der Waals surface area contributed by atoms with Gasteiger partial charge < -0.3 is 15.8 Å². The van der Waals surface area contributed by atoms with Crippen LogP contribution in [0.15, 0.2) is 24.8 Å². The van der Waals surface area contributed by atoms with E-state index in [0.29, 0.717) is 57.6 Å². The van der Waals surface area contributed by atoms with Crippen molar-refractivity contribution in [3.05, 3.63) is 41.5 Å². The number of hydrogen-bond donors (Lipinski definition) is 2. The van der Waals surface area contributed by atoms with Crippen molar-refractivity contribution in [3.8, 4) is 11.8 Å².